The molecular formula is C18H20N2O2S2. The second kappa shape index (κ2) is 8.35. The minimum absolute atomic E-state index is 0.0354. The average molecular weight is 361 g/mol. The lowest BCUT2D eigenvalue weighted by molar-refractivity contribution is -0.121. The highest BCUT2D eigenvalue weighted by molar-refractivity contribution is 8.00. The molecule has 0 spiro atoms. The molecule has 2 heterocycles. The van der Waals surface area contributed by atoms with Gasteiger partial charge in [0.25, 0.3) is 0 Å². The number of rotatable bonds is 6. The van der Waals surface area contributed by atoms with Crippen LogP contribution in [0.5, 0.6) is 0 Å². The Bertz CT molecular complexity index is 701. The first-order chi connectivity index (χ1) is 11.7. The van der Waals surface area contributed by atoms with E-state index in [4.69, 9.17) is 0 Å². The van der Waals surface area contributed by atoms with Crippen LogP contribution in [0.25, 0.3) is 0 Å². The predicted molar refractivity (Wildman–Crippen MR) is 100 cm³/mol. The van der Waals surface area contributed by atoms with Gasteiger partial charge in [-0.3, -0.25) is 9.59 Å². The van der Waals surface area contributed by atoms with Gasteiger partial charge in [0.1, 0.15) is 0 Å². The molecule has 4 nitrogen and oxygen atoms in total. The second-order valence-corrected chi connectivity index (χ2v) is 7.99. The minimum Gasteiger partial charge on any atom is -0.351 e. The van der Waals surface area contributed by atoms with Crippen molar-refractivity contribution >= 4 is 40.6 Å². The molecule has 2 aromatic rings. The van der Waals surface area contributed by atoms with E-state index in [0.717, 1.165) is 23.4 Å². The number of hydrogen-bond acceptors (Lipinski definition) is 4. The number of aryl methyl sites for hydroxylation is 1. The van der Waals surface area contributed by atoms with E-state index in [1.54, 1.807) is 23.1 Å². The van der Waals surface area contributed by atoms with Gasteiger partial charge in [-0.05, 0) is 35.9 Å². The number of anilines is 1. The Kier molecular flexibility index (Phi) is 5.93. The van der Waals surface area contributed by atoms with Gasteiger partial charge in [0, 0.05) is 22.7 Å². The lowest BCUT2D eigenvalue weighted by Gasteiger charge is -2.12. The summed E-state index contributed by atoms with van der Waals surface area (Å²) in [4.78, 5) is 25.3. The summed E-state index contributed by atoms with van der Waals surface area (Å²) in [5.41, 5.74) is 2.10. The van der Waals surface area contributed by atoms with Crippen molar-refractivity contribution in [2.45, 2.75) is 31.1 Å². The molecule has 126 valence electrons. The maximum Gasteiger partial charge on any atom is 0.237 e. The number of thiophene rings is 1. The molecule has 1 aromatic heterocycles. The normalized spacial score (nSPS) is 16.8. The van der Waals surface area contributed by atoms with Gasteiger partial charge in [-0.15, -0.1) is 23.1 Å². The Morgan fingerprint density at radius 2 is 2.17 bits per heavy atom. The van der Waals surface area contributed by atoms with Gasteiger partial charge in [0.2, 0.25) is 11.8 Å². The number of hydrogen-bond donors (Lipinski definition) is 2. The molecule has 1 atom stereocenters. The highest BCUT2D eigenvalue weighted by atomic mass is 32.2. The largest absolute Gasteiger partial charge is 0.351 e. The third-order valence-corrected chi connectivity index (χ3v) is 6.10. The van der Waals surface area contributed by atoms with E-state index in [-0.39, 0.29) is 17.1 Å². The molecule has 0 saturated heterocycles. The van der Waals surface area contributed by atoms with Gasteiger partial charge in [-0.1, -0.05) is 24.3 Å². The molecule has 24 heavy (non-hydrogen) atoms. The van der Waals surface area contributed by atoms with Crippen molar-refractivity contribution in [1.82, 2.24) is 5.32 Å². The number of benzene rings is 1. The maximum absolute atomic E-state index is 12.3. The standard InChI is InChI=1S/C18H20N2O2S2/c21-17(19-12-14-5-3-10-23-14)9-11-24-16-8-7-13-4-1-2-6-15(13)20-18(16)22/h1-6,10,16H,7-9,11-12H2,(H,19,21)(H,20,22). The third-order valence-electron chi connectivity index (χ3n) is 3.93. The van der Waals surface area contributed by atoms with Crippen LogP contribution in [0.3, 0.4) is 0 Å². The van der Waals surface area contributed by atoms with E-state index in [1.807, 2.05) is 35.7 Å². The zero-order chi connectivity index (χ0) is 16.8. The van der Waals surface area contributed by atoms with Crippen molar-refractivity contribution in [3.8, 4) is 0 Å². The number of nitrogens with one attached hydrogen (secondary N) is 2. The summed E-state index contributed by atoms with van der Waals surface area (Å²) in [5, 5.41) is 7.82. The summed E-state index contributed by atoms with van der Waals surface area (Å²) >= 11 is 3.21. The summed E-state index contributed by atoms with van der Waals surface area (Å²) in [5.74, 6) is 0.738. The fourth-order valence-electron chi connectivity index (χ4n) is 2.63. The average Bonchev–Trinajstić information content (AvgIpc) is 3.05. The van der Waals surface area contributed by atoms with Gasteiger partial charge in [-0.25, -0.2) is 0 Å². The molecule has 0 saturated carbocycles. The lowest BCUT2D eigenvalue weighted by Crippen LogP contribution is -2.26. The van der Waals surface area contributed by atoms with Crippen molar-refractivity contribution < 1.29 is 9.59 Å². The Balaban J connectivity index is 1.42. The van der Waals surface area contributed by atoms with Crippen molar-refractivity contribution in [3.63, 3.8) is 0 Å². The summed E-state index contributed by atoms with van der Waals surface area (Å²) in [6, 6.07) is 11.9. The molecule has 1 unspecified atom stereocenters. The topological polar surface area (TPSA) is 58.2 Å². The summed E-state index contributed by atoms with van der Waals surface area (Å²) in [6.07, 6.45) is 2.13. The van der Waals surface area contributed by atoms with Crippen LogP contribution in [0, 0.1) is 0 Å². The maximum atomic E-state index is 12.3. The molecule has 1 aliphatic heterocycles. The number of thioether (sulfide) groups is 1. The molecule has 0 radical (unpaired) electrons. The van der Waals surface area contributed by atoms with E-state index >= 15 is 0 Å². The predicted octanol–water partition coefficient (Wildman–Crippen LogP) is 3.44. The zero-order valence-corrected chi connectivity index (χ0v) is 14.9. The summed E-state index contributed by atoms with van der Waals surface area (Å²) in [6.45, 7) is 0.584. The highest BCUT2D eigenvalue weighted by Gasteiger charge is 2.23. The van der Waals surface area contributed by atoms with Gasteiger partial charge in [0.15, 0.2) is 0 Å². The molecular weight excluding hydrogens is 340 g/mol. The number of carbonyl (C=O) groups excluding carboxylic acids is 2. The molecule has 6 heteroatoms. The zero-order valence-electron chi connectivity index (χ0n) is 13.3. The van der Waals surface area contributed by atoms with Crippen LogP contribution in [-0.2, 0) is 22.6 Å². The molecule has 0 bridgehead atoms. The van der Waals surface area contributed by atoms with Crippen LogP contribution in [0.2, 0.25) is 0 Å². The first-order valence-electron chi connectivity index (χ1n) is 8.02. The van der Waals surface area contributed by atoms with Crippen LogP contribution in [0.4, 0.5) is 5.69 Å². The first-order valence-corrected chi connectivity index (χ1v) is 9.94. The summed E-state index contributed by atoms with van der Waals surface area (Å²) in [7, 11) is 0. The van der Waals surface area contributed by atoms with Crippen molar-refractivity contribution in [1.29, 1.82) is 0 Å². The van der Waals surface area contributed by atoms with Crippen LogP contribution >= 0.6 is 23.1 Å². The van der Waals surface area contributed by atoms with Crippen molar-refractivity contribution in [2.75, 3.05) is 11.1 Å². The van der Waals surface area contributed by atoms with Gasteiger partial charge in [-0.2, -0.15) is 0 Å². The van der Waals surface area contributed by atoms with Gasteiger partial charge in [0.05, 0.1) is 11.8 Å². The number of carbonyl (C=O) groups is 2. The molecule has 0 aliphatic carbocycles. The molecule has 0 fully saturated rings. The minimum atomic E-state index is -0.0949. The van der Waals surface area contributed by atoms with Crippen molar-refractivity contribution in [2.24, 2.45) is 0 Å². The fraction of sp³-hybridized carbons (Fsp3) is 0.333. The smallest absolute Gasteiger partial charge is 0.237 e. The highest BCUT2D eigenvalue weighted by Crippen LogP contribution is 2.27. The summed E-state index contributed by atoms with van der Waals surface area (Å²) < 4.78 is 0. The first kappa shape index (κ1) is 17.0. The van der Waals surface area contributed by atoms with E-state index in [0.29, 0.717) is 18.7 Å². The molecule has 2 N–H and O–H groups in total. The van der Waals surface area contributed by atoms with Crippen LogP contribution in [0.1, 0.15) is 23.3 Å². The Morgan fingerprint density at radius 3 is 3.00 bits per heavy atom. The van der Waals surface area contributed by atoms with E-state index in [1.165, 1.54) is 5.56 Å². The van der Waals surface area contributed by atoms with E-state index in [2.05, 4.69) is 16.7 Å². The number of fused-ring (bicyclic) bond motifs is 1. The second-order valence-electron chi connectivity index (χ2n) is 5.65. The van der Waals surface area contributed by atoms with Crippen molar-refractivity contribution in [3.05, 3.63) is 52.2 Å². The van der Waals surface area contributed by atoms with Crippen LogP contribution in [-0.4, -0.2) is 22.8 Å². The van der Waals surface area contributed by atoms with Gasteiger partial charge < -0.3 is 10.6 Å². The molecule has 1 aliphatic rings. The monoisotopic (exact) mass is 360 g/mol. The Morgan fingerprint density at radius 1 is 1.29 bits per heavy atom. The van der Waals surface area contributed by atoms with E-state index in [9.17, 15) is 9.59 Å². The molecule has 3 rings (SSSR count). The van der Waals surface area contributed by atoms with Gasteiger partial charge >= 0.3 is 0 Å². The van der Waals surface area contributed by atoms with Crippen LogP contribution in [0.15, 0.2) is 41.8 Å². The quantitative estimate of drug-likeness (QED) is 0.830. The molecule has 2 amide bonds. The number of para-hydroxylation sites is 1. The Labute approximate surface area is 150 Å². The Hall–Kier alpha value is -1.79. The van der Waals surface area contributed by atoms with Crippen LogP contribution < -0.4 is 10.6 Å². The third kappa shape index (κ3) is 4.61. The SMILES string of the molecule is O=C(CCSC1CCc2ccccc2NC1=O)NCc1cccs1. The number of amides is 2. The lowest BCUT2D eigenvalue weighted by atomic mass is 10.1. The molecule has 1 aromatic carbocycles. The fourth-order valence-corrected chi connectivity index (χ4v) is 4.36. The van der Waals surface area contributed by atoms with E-state index < -0.39 is 0 Å².